The summed E-state index contributed by atoms with van der Waals surface area (Å²) in [5.74, 6) is 0.209. The molecule has 0 unspecified atom stereocenters. The summed E-state index contributed by atoms with van der Waals surface area (Å²) < 4.78 is 1.80. The zero-order chi connectivity index (χ0) is 18.4. The normalized spacial score (nSPS) is 13.6. The summed E-state index contributed by atoms with van der Waals surface area (Å²) in [6.45, 7) is 0.318. The van der Waals surface area contributed by atoms with Crippen molar-refractivity contribution in [1.82, 2.24) is 19.5 Å². The van der Waals surface area contributed by atoms with Crippen LogP contribution in [-0.2, 0) is 6.42 Å². The van der Waals surface area contributed by atoms with Crippen LogP contribution in [0.25, 0.3) is 16.3 Å². The molecule has 132 valence electrons. The average Bonchev–Trinajstić information content (AvgIpc) is 3.35. The fourth-order valence-corrected chi connectivity index (χ4v) is 4.13. The molecule has 0 radical (unpaired) electrons. The minimum absolute atomic E-state index is 0.231. The van der Waals surface area contributed by atoms with Crippen LogP contribution in [0.15, 0.2) is 60.0 Å². The molecule has 2 amide bonds. The van der Waals surface area contributed by atoms with Crippen LogP contribution < -0.4 is 0 Å². The summed E-state index contributed by atoms with van der Waals surface area (Å²) in [5, 5.41) is 6.57. The number of fused-ring (bicyclic) bond motifs is 2. The van der Waals surface area contributed by atoms with Gasteiger partial charge < -0.3 is 0 Å². The number of benzene rings is 2. The quantitative estimate of drug-likeness (QED) is 0.514. The van der Waals surface area contributed by atoms with Gasteiger partial charge in [0.15, 0.2) is 5.82 Å². The molecule has 7 heteroatoms. The second-order valence-electron chi connectivity index (χ2n) is 6.28. The summed E-state index contributed by atoms with van der Waals surface area (Å²) in [4.78, 5) is 31.7. The first-order valence-electron chi connectivity index (χ1n) is 8.56. The zero-order valence-electron chi connectivity index (χ0n) is 14.2. The highest BCUT2D eigenvalue weighted by Crippen LogP contribution is 2.24. The minimum atomic E-state index is -0.231. The number of amides is 2. The number of thiazole rings is 1. The van der Waals surface area contributed by atoms with E-state index in [4.69, 9.17) is 0 Å². The Kier molecular flexibility index (Phi) is 3.61. The highest BCUT2D eigenvalue weighted by atomic mass is 32.1. The molecule has 2 aromatic carbocycles. The number of carbonyl (C=O) groups excluding carboxylic acids is 2. The van der Waals surface area contributed by atoms with Gasteiger partial charge in [0, 0.05) is 23.9 Å². The van der Waals surface area contributed by atoms with Crippen LogP contribution in [0.2, 0.25) is 0 Å². The fourth-order valence-electron chi connectivity index (χ4n) is 3.27. The lowest BCUT2D eigenvalue weighted by molar-refractivity contribution is 0.0655. The van der Waals surface area contributed by atoms with Crippen molar-refractivity contribution in [2.45, 2.75) is 6.42 Å². The SMILES string of the molecule is O=C1c2ccccc2C(=O)N1CCc1csc2nc(-c3ccccc3)nn12. The number of hydrogen-bond donors (Lipinski definition) is 0. The Morgan fingerprint density at radius 3 is 2.26 bits per heavy atom. The Hall–Kier alpha value is -3.32. The van der Waals surface area contributed by atoms with Gasteiger partial charge in [0.25, 0.3) is 11.8 Å². The van der Waals surface area contributed by atoms with Crippen molar-refractivity contribution in [1.29, 1.82) is 0 Å². The van der Waals surface area contributed by atoms with Crippen LogP contribution in [0.5, 0.6) is 0 Å². The lowest BCUT2D eigenvalue weighted by atomic mass is 10.1. The number of hydrogen-bond acceptors (Lipinski definition) is 5. The molecular weight excluding hydrogens is 360 g/mol. The van der Waals surface area contributed by atoms with Crippen LogP contribution in [0, 0.1) is 0 Å². The molecule has 0 saturated heterocycles. The number of imide groups is 1. The van der Waals surface area contributed by atoms with Crippen molar-refractivity contribution in [3.63, 3.8) is 0 Å². The third-order valence-electron chi connectivity index (χ3n) is 4.65. The van der Waals surface area contributed by atoms with Crippen molar-refractivity contribution in [3.8, 4) is 11.4 Å². The zero-order valence-corrected chi connectivity index (χ0v) is 15.0. The minimum Gasteiger partial charge on any atom is -0.274 e. The van der Waals surface area contributed by atoms with Crippen LogP contribution in [0.4, 0.5) is 0 Å². The smallest absolute Gasteiger partial charge is 0.261 e. The molecule has 27 heavy (non-hydrogen) atoms. The molecule has 0 bridgehead atoms. The summed E-state index contributed by atoms with van der Waals surface area (Å²) in [7, 11) is 0. The van der Waals surface area contributed by atoms with E-state index in [1.807, 2.05) is 35.7 Å². The van der Waals surface area contributed by atoms with E-state index in [0.29, 0.717) is 29.9 Å². The maximum Gasteiger partial charge on any atom is 0.261 e. The predicted octanol–water partition coefficient (Wildman–Crippen LogP) is 3.30. The summed E-state index contributed by atoms with van der Waals surface area (Å²) in [6, 6.07) is 16.7. The molecule has 5 rings (SSSR count). The number of nitrogens with zero attached hydrogens (tertiary/aromatic N) is 4. The van der Waals surface area contributed by atoms with Gasteiger partial charge >= 0.3 is 0 Å². The molecule has 0 spiro atoms. The van der Waals surface area contributed by atoms with E-state index in [1.165, 1.54) is 16.2 Å². The number of carbonyl (C=O) groups is 2. The van der Waals surface area contributed by atoms with Crippen molar-refractivity contribution in [3.05, 3.63) is 76.8 Å². The molecule has 0 fully saturated rings. The third-order valence-corrected chi connectivity index (χ3v) is 5.52. The van der Waals surface area contributed by atoms with Gasteiger partial charge in [-0.25, -0.2) is 4.52 Å². The molecule has 2 aromatic heterocycles. The Morgan fingerprint density at radius 2 is 1.56 bits per heavy atom. The molecule has 3 heterocycles. The first-order chi connectivity index (χ1) is 13.2. The van der Waals surface area contributed by atoms with Gasteiger partial charge in [0.05, 0.1) is 16.8 Å². The average molecular weight is 374 g/mol. The van der Waals surface area contributed by atoms with Crippen LogP contribution >= 0.6 is 11.3 Å². The van der Waals surface area contributed by atoms with Gasteiger partial charge in [-0.05, 0) is 12.1 Å². The maximum absolute atomic E-state index is 12.5. The molecule has 4 aromatic rings. The van der Waals surface area contributed by atoms with Gasteiger partial charge in [0.1, 0.15) is 0 Å². The Balaban J connectivity index is 1.39. The lowest BCUT2D eigenvalue weighted by Crippen LogP contribution is -2.32. The highest BCUT2D eigenvalue weighted by Gasteiger charge is 2.34. The van der Waals surface area contributed by atoms with Crippen LogP contribution in [-0.4, -0.2) is 37.9 Å². The Labute approximate surface area is 158 Å². The van der Waals surface area contributed by atoms with Crippen molar-refractivity contribution < 1.29 is 9.59 Å². The third kappa shape index (κ3) is 2.55. The molecular formula is C20H14N4O2S. The van der Waals surface area contributed by atoms with Gasteiger partial charge in [0.2, 0.25) is 4.96 Å². The van der Waals surface area contributed by atoms with E-state index < -0.39 is 0 Å². The second-order valence-corrected chi connectivity index (χ2v) is 7.12. The molecule has 0 N–H and O–H groups in total. The second kappa shape index (κ2) is 6.14. The van der Waals surface area contributed by atoms with E-state index >= 15 is 0 Å². The molecule has 0 saturated carbocycles. The van der Waals surface area contributed by atoms with Crippen LogP contribution in [0.3, 0.4) is 0 Å². The lowest BCUT2D eigenvalue weighted by Gasteiger charge is -2.12. The largest absolute Gasteiger partial charge is 0.274 e. The van der Waals surface area contributed by atoms with Crippen molar-refractivity contribution in [2.24, 2.45) is 0 Å². The summed E-state index contributed by atoms with van der Waals surface area (Å²) in [5.41, 5.74) is 2.84. The first kappa shape index (κ1) is 15.9. The predicted molar refractivity (Wildman–Crippen MR) is 102 cm³/mol. The van der Waals surface area contributed by atoms with Gasteiger partial charge in [-0.15, -0.1) is 16.4 Å². The Morgan fingerprint density at radius 1 is 0.889 bits per heavy atom. The monoisotopic (exact) mass is 374 g/mol. The molecule has 1 aliphatic heterocycles. The first-order valence-corrected chi connectivity index (χ1v) is 9.44. The van der Waals surface area contributed by atoms with E-state index in [0.717, 1.165) is 16.2 Å². The van der Waals surface area contributed by atoms with E-state index in [-0.39, 0.29) is 11.8 Å². The summed E-state index contributed by atoms with van der Waals surface area (Å²) >= 11 is 1.50. The maximum atomic E-state index is 12.5. The molecule has 1 aliphatic rings. The van der Waals surface area contributed by atoms with Gasteiger partial charge in [-0.1, -0.05) is 42.5 Å². The van der Waals surface area contributed by atoms with Gasteiger partial charge in [-0.2, -0.15) is 4.98 Å². The molecule has 6 nitrogen and oxygen atoms in total. The molecule has 0 aliphatic carbocycles. The van der Waals surface area contributed by atoms with Gasteiger partial charge in [-0.3, -0.25) is 14.5 Å². The molecule has 0 atom stereocenters. The standard InChI is InChI=1S/C20H14N4O2S/c25-18-15-8-4-5-9-16(15)19(26)23(18)11-10-14-12-27-20-21-17(22-24(14)20)13-6-2-1-3-7-13/h1-9,12H,10-11H2. The number of rotatable bonds is 4. The highest BCUT2D eigenvalue weighted by molar-refractivity contribution is 7.15. The van der Waals surface area contributed by atoms with Crippen LogP contribution in [0.1, 0.15) is 26.4 Å². The number of aromatic nitrogens is 3. The van der Waals surface area contributed by atoms with E-state index in [9.17, 15) is 9.59 Å². The Bertz CT molecular complexity index is 1140. The van der Waals surface area contributed by atoms with E-state index in [2.05, 4.69) is 10.1 Å². The topological polar surface area (TPSA) is 67.6 Å². The van der Waals surface area contributed by atoms with Crippen molar-refractivity contribution >= 4 is 28.1 Å². The van der Waals surface area contributed by atoms with E-state index in [1.54, 1.807) is 28.8 Å². The van der Waals surface area contributed by atoms with Crippen molar-refractivity contribution in [2.75, 3.05) is 6.54 Å². The fraction of sp³-hybridized carbons (Fsp3) is 0.100. The summed E-state index contributed by atoms with van der Waals surface area (Å²) in [6.07, 6.45) is 0.531.